The molecular formula is C14H19NO2. The molecule has 1 saturated carbocycles. The molecule has 2 N–H and O–H groups in total. The number of hydrogen-bond donors (Lipinski definition) is 2. The van der Waals surface area contributed by atoms with Crippen molar-refractivity contribution < 1.29 is 9.84 Å². The Morgan fingerprint density at radius 1 is 1.35 bits per heavy atom. The molecule has 3 heteroatoms. The van der Waals surface area contributed by atoms with Crippen LogP contribution in [0.15, 0.2) is 24.3 Å². The molecule has 0 amide bonds. The summed E-state index contributed by atoms with van der Waals surface area (Å²) in [5.74, 6) is 0. The zero-order valence-electron chi connectivity index (χ0n) is 10.1. The highest BCUT2D eigenvalue weighted by atomic mass is 16.5. The zero-order valence-corrected chi connectivity index (χ0v) is 10.1. The number of methoxy groups -OCH3 is 1. The number of hydrogen-bond acceptors (Lipinski definition) is 3. The van der Waals surface area contributed by atoms with Crippen LogP contribution in [-0.4, -0.2) is 30.0 Å². The summed E-state index contributed by atoms with van der Waals surface area (Å²) >= 11 is 0. The largest absolute Gasteiger partial charge is 0.388 e. The van der Waals surface area contributed by atoms with Gasteiger partial charge < -0.3 is 15.2 Å². The minimum atomic E-state index is -0.575. The van der Waals surface area contributed by atoms with Gasteiger partial charge in [0.1, 0.15) is 0 Å². The number of nitrogens with one attached hydrogen (secondary N) is 1. The fourth-order valence-electron chi connectivity index (χ4n) is 3.02. The van der Waals surface area contributed by atoms with Gasteiger partial charge in [0.15, 0.2) is 0 Å². The first-order valence-electron chi connectivity index (χ1n) is 6.31. The lowest BCUT2D eigenvalue weighted by molar-refractivity contribution is -0.137. The summed E-state index contributed by atoms with van der Waals surface area (Å²) in [4.78, 5) is 0. The van der Waals surface area contributed by atoms with Gasteiger partial charge in [-0.2, -0.15) is 0 Å². The molecule has 3 rings (SSSR count). The summed E-state index contributed by atoms with van der Waals surface area (Å²) < 4.78 is 5.25. The van der Waals surface area contributed by atoms with Crippen LogP contribution in [0.3, 0.4) is 0 Å². The van der Waals surface area contributed by atoms with E-state index in [1.165, 1.54) is 11.3 Å². The first kappa shape index (κ1) is 11.1. The molecule has 1 aromatic rings. The first-order chi connectivity index (χ1) is 8.21. The van der Waals surface area contributed by atoms with Gasteiger partial charge in [0.25, 0.3) is 0 Å². The van der Waals surface area contributed by atoms with Crippen LogP contribution in [0.5, 0.6) is 0 Å². The van der Waals surface area contributed by atoms with E-state index >= 15 is 0 Å². The Hall–Kier alpha value is -1.06. The standard InChI is InChI=1S/C14H19NO2/c1-17-11-8-14(16,9-11)13-7-6-10-4-2-3-5-12(10)15-13/h2-5,11,13,15-16H,6-9H2,1H3. The van der Waals surface area contributed by atoms with Crippen molar-refractivity contribution in [2.75, 3.05) is 12.4 Å². The van der Waals surface area contributed by atoms with E-state index in [9.17, 15) is 5.11 Å². The number of anilines is 1. The maximum absolute atomic E-state index is 10.5. The fraction of sp³-hybridized carbons (Fsp3) is 0.571. The van der Waals surface area contributed by atoms with Crippen molar-refractivity contribution in [3.05, 3.63) is 29.8 Å². The quantitative estimate of drug-likeness (QED) is 0.820. The van der Waals surface area contributed by atoms with Crippen LogP contribution in [-0.2, 0) is 11.2 Å². The topological polar surface area (TPSA) is 41.5 Å². The van der Waals surface area contributed by atoms with E-state index in [0.29, 0.717) is 0 Å². The normalized spacial score (nSPS) is 35.6. The van der Waals surface area contributed by atoms with Crippen molar-refractivity contribution in [2.45, 2.75) is 43.4 Å². The van der Waals surface area contributed by atoms with E-state index in [4.69, 9.17) is 4.74 Å². The van der Waals surface area contributed by atoms with E-state index in [2.05, 4.69) is 23.5 Å². The Labute approximate surface area is 102 Å². The van der Waals surface area contributed by atoms with Gasteiger partial charge in [-0.15, -0.1) is 0 Å². The number of aliphatic hydroxyl groups is 1. The summed E-state index contributed by atoms with van der Waals surface area (Å²) in [6.45, 7) is 0. The molecule has 17 heavy (non-hydrogen) atoms. The van der Waals surface area contributed by atoms with Crippen LogP contribution in [0.4, 0.5) is 5.69 Å². The summed E-state index contributed by atoms with van der Waals surface area (Å²) in [6.07, 6.45) is 3.80. The van der Waals surface area contributed by atoms with Crippen LogP contribution < -0.4 is 5.32 Å². The summed E-state index contributed by atoms with van der Waals surface area (Å²) in [6, 6.07) is 8.53. The molecule has 1 atom stereocenters. The Kier molecular flexibility index (Phi) is 2.60. The molecule has 0 bridgehead atoms. The van der Waals surface area contributed by atoms with Crippen molar-refractivity contribution in [2.24, 2.45) is 0 Å². The lowest BCUT2D eigenvalue weighted by atomic mass is 9.70. The van der Waals surface area contributed by atoms with Crippen LogP contribution >= 0.6 is 0 Å². The molecular weight excluding hydrogens is 214 g/mol. The lowest BCUT2D eigenvalue weighted by Crippen LogP contribution is -2.59. The molecule has 1 fully saturated rings. The van der Waals surface area contributed by atoms with E-state index in [1.807, 2.05) is 6.07 Å². The molecule has 1 aromatic carbocycles. The average molecular weight is 233 g/mol. The molecule has 92 valence electrons. The monoisotopic (exact) mass is 233 g/mol. The summed E-state index contributed by atoms with van der Waals surface area (Å²) in [5.41, 5.74) is 1.96. The van der Waals surface area contributed by atoms with Gasteiger partial charge in [-0.3, -0.25) is 0 Å². The highest BCUT2D eigenvalue weighted by molar-refractivity contribution is 5.54. The minimum absolute atomic E-state index is 0.170. The van der Waals surface area contributed by atoms with E-state index < -0.39 is 5.60 Å². The minimum Gasteiger partial charge on any atom is -0.388 e. The van der Waals surface area contributed by atoms with Gasteiger partial charge >= 0.3 is 0 Å². The van der Waals surface area contributed by atoms with Crippen LogP contribution in [0.1, 0.15) is 24.8 Å². The third-order valence-corrected chi connectivity index (χ3v) is 4.19. The second-order valence-electron chi connectivity index (χ2n) is 5.26. The van der Waals surface area contributed by atoms with Gasteiger partial charge in [-0.25, -0.2) is 0 Å². The molecule has 0 spiro atoms. The molecule has 1 unspecified atom stereocenters. The maximum Gasteiger partial charge on any atom is 0.0897 e. The molecule has 1 aliphatic carbocycles. The summed E-state index contributed by atoms with van der Waals surface area (Å²) in [5, 5.41) is 14.0. The molecule has 0 saturated heterocycles. The van der Waals surface area contributed by atoms with E-state index in [-0.39, 0.29) is 12.1 Å². The number of rotatable bonds is 2. The van der Waals surface area contributed by atoms with Gasteiger partial charge in [-0.1, -0.05) is 18.2 Å². The van der Waals surface area contributed by atoms with Gasteiger partial charge in [-0.05, 0) is 24.5 Å². The SMILES string of the molecule is COC1CC(O)(C2CCc3ccccc3N2)C1. The molecule has 0 radical (unpaired) electrons. The van der Waals surface area contributed by atoms with Gasteiger partial charge in [0.05, 0.1) is 17.7 Å². The predicted molar refractivity (Wildman–Crippen MR) is 67.2 cm³/mol. The molecule has 0 aromatic heterocycles. The third kappa shape index (κ3) is 1.83. The second-order valence-corrected chi connectivity index (χ2v) is 5.26. The van der Waals surface area contributed by atoms with Crippen molar-refractivity contribution in [3.8, 4) is 0 Å². The molecule has 1 heterocycles. The van der Waals surface area contributed by atoms with E-state index in [1.54, 1.807) is 7.11 Å². The zero-order chi connectivity index (χ0) is 11.9. The maximum atomic E-state index is 10.5. The average Bonchev–Trinajstić information content (AvgIpc) is 2.34. The predicted octanol–water partition coefficient (Wildman–Crippen LogP) is 1.95. The Balaban J connectivity index is 1.72. The highest BCUT2D eigenvalue weighted by Gasteiger charge is 2.49. The fourth-order valence-corrected chi connectivity index (χ4v) is 3.02. The Morgan fingerprint density at radius 3 is 2.88 bits per heavy atom. The van der Waals surface area contributed by atoms with Crippen LogP contribution in [0.25, 0.3) is 0 Å². The number of para-hydroxylation sites is 1. The smallest absolute Gasteiger partial charge is 0.0897 e. The Bertz CT molecular complexity index is 412. The second kappa shape index (κ2) is 4.00. The first-order valence-corrected chi connectivity index (χ1v) is 6.31. The molecule has 3 nitrogen and oxygen atoms in total. The lowest BCUT2D eigenvalue weighted by Gasteiger charge is -2.49. The van der Waals surface area contributed by atoms with Crippen LogP contribution in [0.2, 0.25) is 0 Å². The van der Waals surface area contributed by atoms with Crippen molar-refractivity contribution in [1.29, 1.82) is 0 Å². The highest BCUT2D eigenvalue weighted by Crippen LogP contribution is 2.41. The summed E-state index contributed by atoms with van der Waals surface area (Å²) in [7, 11) is 1.72. The van der Waals surface area contributed by atoms with Crippen molar-refractivity contribution in [3.63, 3.8) is 0 Å². The van der Waals surface area contributed by atoms with Crippen molar-refractivity contribution >= 4 is 5.69 Å². The van der Waals surface area contributed by atoms with Gasteiger partial charge in [0.2, 0.25) is 0 Å². The number of aryl methyl sites for hydroxylation is 1. The number of ether oxygens (including phenoxy) is 1. The third-order valence-electron chi connectivity index (χ3n) is 4.19. The Morgan fingerprint density at radius 2 is 2.12 bits per heavy atom. The van der Waals surface area contributed by atoms with Crippen LogP contribution in [0, 0.1) is 0 Å². The van der Waals surface area contributed by atoms with Crippen molar-refractivity contribution in [1.82, 2.24) is 0 Å². The number of benzene rings is 1. The number of fused-ring (bicyclic) bond motifs is 1. The molecule has 1 aliphatic heterocycles. The van der Waals surface area contributed by atoms with Gasteiger partial charge in [0, 0.05) is 25.6 Å². The molecule has 2 aliphatic rings. The van der Waals surface area contributed by atoms with E-state index in [0.717, 1.165) is 25.7 Å².